The summed E-state index contributed by atoms with van der Waals surface area (Å²) < 4.78 is 0. The molecule has 112 valence electrons. The van der Waals surface area contributed by atoms with Crippen LogP contribution in [0.1, 0.15) is 37.5 Å². The van der Waals surface area contributed by atoms with Crippen LogP contribution >= 0.6 is 0 Å². The number of hydrazone groups is 1. The number of carbonyl (C=O) groups excluding carboxylic acids is 1. The lowest BCUT2D eigenvalue weighted by Gasteiger charge is -2.41. The van der Waals surface area contributed by atoms with Gasteiger partial charge in [0, 0.05) is 18.3 Å². The zero-order chi connectivity index (χ0) is 15.8. The number of nitrogens with zero attached hydrogens (tertiary/aromatic N) is 2. The van der Waals surface area contributed by atoms with Crippen LogP contribution in [-0.4, -0.2) is 24.8 Å². The number of nitrogens with two attached hydrogens (primary N) is 1. The average molecular weight is 286 g/mol. The third-order valence-corrected chi connectivity index (χ3v) is 3.98. The zero-order valence-corrected chi connectivity index (χ0v) is 13.2. The average Bonchev–Trinajstić information content (AvgIpc) is 2.36. The summed E-state index contributed by atoms with van der Waals surface area (Å²) in [7, 11) is 2.10. The Morgan fingerprint density at radius 2 is 2.05 bits per heavy atom. The highest BCUT2D eigenvalue weighted by Gasteiger charge is 2.28. The summed E-state index contributed by atoms with van der Waals surface area (Å²) in [5.74, 6) is 0. The number of aryl methyl sites for hydroxylation is 1. The molecule has 0 unspecified atom stereocenters. The number of primary amides is 1. The van der Waals surface area contributed by atoms with Crippen LogP contribution in [0.4, 0.5) is 10.5 Å². The van der Waals surface area contributed by atoms with Crippen molar-refractivity contribution in [2.45, 2.75) is 33.2 Å². The summed E-state index contributed by atoms with van der Waals surface area (Å²) in [4.78, 5) is 12.9. The van der Waals surface area contributed by atoms with Gasteiger partial charge >= 0.3 is 6.03 Å². The second-order valence-electron chi connectivity index (χ2n) is 6.00. The Labute approximate surface area is 125 Å². The van der Waals surface area contributed by atoms with Crippen molar-refractivity contribution in [2.75, 3.05) is 11.9 Å². The summed E-state index contributed by atoms with van der Waals surface area (Å²) in [5, 5.41) is 3.84. The molecule has 0 spiro atoms. The number of benzene rings is 1. The minimum absolute atomic E-state index is 0.00729. The van der Waals surface area contributed by atoms with E-state index in [2.05, 4.69) is 61.5 Å². The summed E-state index contributed by atoms with van der Waals surface area (Å²) >= 11 is 0. The summed E-state index contributed by atoms with van der Waals surface area (Å²) in [6, 6.07) is 3.58. The van der Waals surface area contributed by atoms with Crippen LogP contribution in [0, 0.1) is 6.92 Å². The molecule has 2 amide bonds. The number of hydrogen-bond donors (Lipinski definition) is 2. The van der Waals surface area contributed by atoms with E-state index in [1.165, 1.54) is 16.8 Å². The normalized spacial score (nSPS) is 16.6. The maximum Gasteiger partial charge on any atom is 0.332 e. The minimum atomic E-state index is -0.667. The standard InChI is InChI=1S/C16H22N4O/c1-10-6-14-13(7-12(10)9-18-19-15(17)21)11(2)8-16(3,4)20(14)5/h6-9H,1-5H3,(H3,17,19,21)/b18-9+. The molecule has 1 aromatic carbocycles. The smallest absolute Gasteiger partial charge is 0.332 e. The third kappa shape index (κ3) is 2.91. The highest BCUT2D eigenvalue weighted by Crippen LogP contribution is 2.38. The Hall–Kier alpha value is -2.30. The Kier molecular flexibility index (Phi) is 3.77. The number of rotatable bonds is 2. The van der Waals surface area contributed by atoms with Crippen LogP contribution in [0.3, 0.4) is 0 Å². The summed E-state index contributed by atoms with van der Waals surface area (Å²) in [6.07, 6.45) is 3.88. The first kappa shape index (κ1) is 15.1. The number of nitrogens with one attached hydrogen (secondary N) is 1. The van der Waals surface area contributed by atoms with Gasteiger partial charge in [0.1, 0.15) is 0 Å². The Morgan fingerprint density at radius 3 is 2.67 bits per heavy atom. The molecule has 2 rings (SSSR count). The number of fused-ring (bicyclic) bond motifs is 1. The molecule has 3 N–H and O–H groups in total. The van der Waals surface area contributed by atoms with E-state index in [0.717, 1.165) is 11.1 Å². The van der Waals surface area contributed by atoms with Gasteiger partial charge in [0.25, 0.3) is 0 Å². The molecule has 0 aromatic heterocycles. The molecule has 0 bridgehead atoms. The van der Waals surface area contributed by atoms with E-state index in [4.69, 9.17) is 5.73 Å². The molecule has 5 heteroatoms. The van der Waals surface area contributed by atoms with E-state index >= 15 is 0 Å². The lowest BCUT2D eigenvalue weighted by molar-refractivity contribution is 0.249. The molecule has 1 heterocycles. The van der Waals surface area contributed by atoms with Crippen LogP contribution in [0.15, 0.2) is 23.3 Å². The molecule has 0 saturated heterocycles. The number of likely N-dealkylation sites (N-methyl/N-ethyl adjacent to an activating group) is 1. The number of allylic oxidation sites excluding steroid dienone is 1. The molecule has 1 aliphatic rings. The van der Waals surface area contributed by atoms with Crippen LogP contribution in [0.25, 0.3) is 5.57 Å². The topological polar surface area (TPSA) is 70.7 Å². The first-order chi connectivity index (χ1) is 9.72. The maximum atomic E-state index is 10.7. The molecule has 21 heavy (non-hydrogen) atoms. The lowest BCUT2D eigenvalue weighted by Crippen LogP contribution is -2.42. The monoisotopic (exact) mass is 286 g/mol. The number of urea groups is 1. The van der Waals surface area contributed by atoms with Gasteiger partial charge in [-0.2, -0.15) is 5.10 Å². The summed E-state index contributed by atoms with van der Waals surface area (Å²) in [5.41, 5.74) is 12.9. The predicted molar refractivity (Wildman–Crippen MR) is 87.6 cm³/mol. The number of carbonyl (C=O) groups is 1. The second kappa shape index (κ2) is 5.24. The van der Waals surface area contributed by atoms with Crippen molar-refractivity contribution < 1.29 is 4.79 Å². The van der Waals surface area contributed by atoms with Crippen molar-refractivity contribution in [1.29, 1.82) is 0 Å². The Balaban J connectivity index is 2.46. The first-order valence-electron chi connectivity index (χ1n) is 6.89. The molecule has 0 atom stereocenters. The van der Waals surface area contributed by atoms with Gasteiger partial charge < -0.3 is 10.6 Å². The number of amides is 2. The molecule has 5 nitrogen and oxygen atoms in total. The van der Waals surface area contributed by atoms with E-state index in [1.54, 1.807) is 6.21 Å². The molecular formula is C16H22N4O. The van der Waals surface area contributed by atoms with Gasteiger partial charge in [0.15, 0.2) is 0 Å². The van der Waals surface area contributed by atoms with Gasteiger partial charge in [-0.1, -0.05) is 6.08 Å². The van der Waals surface area contributed by atoms with E-state index in [1.807, 2.05) is 6.92 Å². The molecule has 0 radical (unpaired) electrons. The van der Waals surface area contributed by atoms with Gasteiger partial charge in [0.2, 0.25) is 0 Å². The number of anilines is 1. The van der Waals surface area contributed by atoms with Crippen molar-refractivity contribution in [3.05, 3.63) is 34.9 Å². The lowest BCUT2D eigenvalue weighted by atomic mass is 9.87. The summed E-state index contributed by atoms with van der Waals surface area (Å²) in [6.45, 7) is 8.54. The predicted octanol–water partition coefficient (Wildman–Crippen LogP) is 2.63. The van der Waals surface area contributed by atoms with Gasteiger partial charge in [-0.3, -0.25) is 0 Å². The SMILES string of the molecule is CC1=CC(C)(C)N(C)c2cc(C)c(/C=N/NC(N)=O)cc21. The van der Waals surface area contributed by atoms with Crippen molar-refractivity contribution >= 4 is 23.5 Å². The largest absolute Gasteiger partial charge is 0.365 e. The van der Waals surface area contributed by atoms with E-state index in [-0.39, 0.29) is 5.54 Å². The first-order valence-corrected chi connectivity index (χ1v) is 6.89. The van der Waals surface area contributed by atoms with Crippen molar-refractivity contribution in [3.8, 4) is 0 Å². The maximum absolute atomic E-state index is 10.7. The Bertz CT molecular complexity index is 644. The fourth-order valence-electron chi connectivity index (χ4n) is 2.62. The van der Waals surface area contributed by atoms with Crippen LogP contribution in [0.2, 0.25) is 0 Å². The Morgan fingerprint density at radius 1 is 1.38 bits per heavy atom. The quantitative estimate of drug-likeness (QED) is 0.648. The fraction of sp³-hybridized carbons (Fsp3) is 0.375. The second-order valence-corrected chi connectivity index (χ2v) is 6.00. The van der Waals surface area contributed by atoms with Crippen molar-refractivity contribution in [2.24, 2.45) is 10.8 Å². The third-order valence-electron chi connectivity index (χ3n) is 3.98. The molecule has 0 saturated carbocycles. The fourth-order valence-corrected chi connectivity index (χ4v) is 2.62. The highest BCUT2D eigenvalue weighted by atomic mass is 16.2. The molecule has 1 aliphatic heterocycles. The molecular weight excluding hydrogens is 264 g/mol. The van der Waals surface area contributed by atoms with Crippen LogP contribution < -0.4 is 16.1 Å². The van der Waals surface area contributed by atoms with Gasteiger partial charge in [-0.05, 0) is 56.5 Å². The van der Waals surface area contributed by atoms with Crippen LogP contribution in [-0.2, 0) is 0 Å². The van der Waals surface area contributed by atoms with Crippen LogP contribution in [0.5, 0.6) is 0 Å². The minimum Gasteiger partial charge on any atom is -0.365 e. The van der Waals surface area contributed by atoms with E-state index < -0.39 is 6.03 Å². The van der Waals surface area contributed by atoms with Gasteiger partial charge in [0.05, 0.1) is 11.8 Å². The van der Waals surface area contributed by atoms with Crippen molar-refractivity contribution in [3.63, 3.8) is 0 Å². The molecule has 0 fully saturated rings. The molecule has 1 aromatic rings. The number of hydrogen-bond acceptors (Lipinski definition) is 3. The van der Waals surface area contributed by atoms with E-state index in [0.29, 0.717) is 0 Å². The highest BCUT2D eigenvalue weighted by molar-refractivity contribution is 5.89. The van der Waals surface area contributed by atoms with Crippen molar-refractivity contribution in [1.82, 2.24) is 5.43 Å². The zero-order valence-electron chi connectivity index (χ0n) is 13.2. The van der Waals surface area contributed by atoms with E-state index in [9.17, 15) is 4.79 Å². The van der Waals surface area contributed by atoms with Gasteiger partial charge in [-0.25, -0.2) is 10.2 Å². The van der Waals surface area contributed by atoms with Gasteiger partial charge in [-0.15, -0.1) is 0 Å². The molecule has 0 aliphatic carbocycles.